The number of hydrogen-bond donors (Lipinski definition) is 4. The summed E-state index contributed by atoms with van der Waals surface area (Å²) in [5.74, 6) is -1.60. The number of ketones is 1. The zero-order valence-corrected chi connectivity index (χ0v) is 24.0. The molecule has 5 N–H and O–H groups in total. The number of rotatable bonds is 6. The van der Waals surface area contributed by atoms with Crippen LogP contribution in [0.2, 0.25) is 5.02 Å². The van der Waals surface area contributed by atoms with Gasteiger partial charge in [-0.3, -0.25) is 14.6 Å². The molecule has 39 heavy (non-hydrogen) atoms. The SMILES string of the molecule is CC(N)C(=O)NC1CCC(Nc2c(C(=O)C(C)(C)C)cnc3ccc(-c4cc(F)c(O)c(Cl)c4)cc23)CC1.Cl. The van der Waals surface area contributed by atoms with Crippen LogP contribution in [-0.2, 0) is 4.79 Å². The lowest BCUT2D eigenvalue weighted by Gasteiger charge is -2.32. The molecule has 0 spiro atoms. The van der Waals surface area contributed by atoms with Crippen LogP contribution >= 0.6 is 24.0 Å². The molecule has 1 fully saturated rings. The van der Waals surface area contributed by atoms with Gasteiger partial charge < -0.3 is 21.5 Å². The number of Topliss-reactive ketones (excluding diaryl/α,β-unsaturated/α-hetero) is 1. The van der Waals surface area contributed by atoms with Gasteiger partial charge in [0.05, 0.1) is 27.8 Å². The molecule has 210 valence electrons. The molecule has 2 aromatic carbocycles. The van der Waals surface area contributed by atoms with Crippen LogP contribution in [0.1, 0.15) is 63.7 Å². The molecule has 1 saturated carbocycles. The Balaban J connectivity index is 0.00000420. The molecular weight excluding hydrogens is 542 g/mol. The first-order chi connectivity index (χ1) is 17.8. The van der Waals surface area contributed by atoms with Crippen molar-refractivity contribution in [2.45, 2.75) is 71.5 Å². The molecule has 1 unspecified atom stereocenters. The van der Waals surface area contributed by atoms with Gasteiger partial charge in [-0.05, 0) is 68.0 Å². The van der Waals surface area contributed by atoms with E-state index in [4.69, 9.17) is 17.3 Å². The number of halogens is 3. The Morgan fingerprint density at radius 2 is 1.74 bits per heavy atom. The van der Waals surface area contributed by atoms with Gasteiger partial charge in [-0.1, -0.05) is 38.4 Å². The van der Waals surface area contributed by atoms with Crippen LogP contribution in [-0.4, -0.2) is 39.9 Å². The van der Waals surface area contributed by atoms with Gasteiger partial charge in [-0.25, -0.2) is 4.39 Å². The third-order valence-corrected chi connectivity index (χ3v) is 7.27. The van der Waals surface area contributed by atoms with E-state index in [0.717, 1.165) is 31.1 Å². The van der Waals surface area contributed by atoms with E-state index >= 15 is 0 Å². The van der Waals surface area contributed by atoms with E-state index in [0.29, 0.717) is 27.9 Å². The number of phenols is 1. The summed E-state index contributed by atoms with van der Waals surface area (Å²) >= 11 is 6.03. The molecule has 0 bridgehead atoms. The Kier molecular flexibility index (Phi) is 9.47. The number of carbonyl (C=O) groups is 2. The molecule has 0 radical (unpaired) electrons. The molecule has 0 saturated heterocycles. The maximum Gasteiger partial charge on any atom is 0.236 e. The molecule has 4 rings (SSSR count). The van der Waals surface area contributed by atoms with E-state index < -0.39 is 23.0 Å². The van der Waals surface area contributed by atoms with Gasteiger partial charge in [0.1, 0.15) is 0 Å². The van der Waals surface area contributed by atoms with Crippen LogP contribution in [0.5, 0.6) is 5.75 Å². The number of aromatic hydroxyl groups is 1. The summed E-state index contributed by atoms with van der Waals surface area (Å²) in [6.45, 7) is 7.27. The van der Waals surface area contributed by atoms with Gasteiger partial charge in [-0.2, -0.15) is 0 Å². The molecule has 10 heteroatoms. The summed E-state index contributed by atoms with van der Waals surface area (Å²) in [4.78, 5) is 30.0. The maximum atomic E-state index is 14.2. The Hall–Kier alpha value is -2.94. The normalized spacial score (nSPS) is 18.2. The van der Waals surface area contributed by atoms with Crippen LogP contribution in [0.4, 0.5) is 10.1 Å². The second kappa shape index (κ2) is 12.1. The summed E-state index contributed by atoms with van der Waals surface area (Å²) in [6.07, 6.45) is 4.80. The minimum Gasteiger partial charge on any atom is -0.504 e. The number of pyridine rings is 1. The first kappa shape index (κ1) is 30.6. The predicted octanol–water partition coefficient (Wildman–Crippen LogP) is 6.24. The minimum atomic E-state index is -0.811. The molecule has 1 aliphatic rings. The third-order valence-electron chi connectivity index (χ3n) is 6.98. The Morgan fingerprint density at radius 1 is 1.10 bits per heavy atom. The molecule has 1 amide bonds. The molecular formula is C29H35Cl2FN4O3. The fraction of sp³-hybridized carbons (Fsp3) is 0.414. The Morgan fingerprint density at radius 3 is 2.33 bits per heavy atom. The largest absolute Gasteiger partial charge is 0.504 e. The highest BCUT2D eigenvalue weighted by Gasteiger charge is 2.29. The molecule has 1 atom stereocenters. The van der Waals surface area contributed by atoms with Crippen molar-refractivity contribution in [3.8, 4) is 16.9 Å². The van der Waals surface area contributed by atoms with Crippen LogP contribution in [0.15, 0.2) is 36.5 Å². The van der Waals surface area contributed by atoms with E-state index in [1.807, 2.05) is 32.9 Å². The van der Waals surface area contributed by atoms with Gasteiger partial charge >= 0.3 is 0 Å². The molecule has 1 aliphatic carbocycles. The fourth-order valence-corrected chi connectivity index (χ4v) is 4.96. The van der Waals surface area contributed by atoms with E-state index in [9.17, 15) is 19.1 Å². The highest BCUT2D eigenvalue weighted by molar-refractivity contribution is 6.32. The number of nitrogens with one attached hydrogen (secondary N) is 2. The molecule has 1 heterocycles. The van der Waals surface area contributed by atoms with Crippen molar-refractivity contribution in [1.82, 2.24) is 10.3 Å². The predicted molar refractivity (Wildman–Crippen MR) is 156 cm³/mol. The number of nitrogens with zero attached hydrogens (tertiary/aromatic N) is 1. The van der Waals surface area contributed by atoms with E-state index in [-0.39, 0.29) is 41.2 Å². The maximum absolute atomic E-state index is 14.2. The van der Waals surface area contributed by atoms with Crippen molar-refractivity contribution in [2.75, 3.05) is 5.32 Å². The average Bonchev–Trinajstić information content (AvgIpc) is 2.87. The molecule has 3 aromatic rings. The fourth-order valence-electron chi connectivity index (χ4n) is 4.75. The smallest absolute Gasteiger partial charge is 0.236 e. The van der Waals surface area contributed by atoms with Crippen molar-refractivity contribution >= 4 is 52.3 Å². The summed E-state index contributed by atoms with van der Waals surface area (Å²) in [6, 6.07) is 7.82. The van der Waals surface area contributed by atoms with Crippen LogP contribution in [0.25, 0.3) is 22.0 Å². The number of benzene rings is 2. The molecule has 1 aromatic heterocycles. The number of carbonyl (C=O) groups excluding carboxylic acids is 2. The van der Waals surface area contributed by atoms with Gasteiger partial charge in [0.15, 0.2) is 17.3 Å². The number of amides is 1. The number of fused-ring (bicyclic) bond motifs is 1. The van der Waals surface area contributed by atoms with Crippen LogP contribution in [0, 0.1) is 11.2 Å². The lowest BCUT2D eigenvalue weighted by Crippen LogP contribution is -2.46. The van der Waals surface area contributed by atoms with E-state index in [1.54, 1.807) is 19.2 Å². The third kappa shape index (κ3) is 6.80. The zero-order chi connectivity index (χ0) is 27.8. The highest BCUT2D eigenvalue weighted by atomic mass is 35.5. The average molecular weight is 578 g/mol. The van der Waals surface area contributed by atoms with Crippen molar-refractivity contribution in [1.29, 1.82) is 0 Å². The standard InChI is InChI=1S/C29H34ClFN4O3.ClH/c1-15(32)28(38)35-19-8-6-18(7-9-19)34-25-20-11-16(17-12-22(30)26(36)23(31)13-17)5-10-24(20)33-14-21(25)27(37)29(2,3)4;/h5,10-15,18-19,36H,6-9,32H2,1-4H3,(H,33,34)(H,35,38);1H. The van der Waals surface area contributed by atoms with Crippen LogP contribution in [0.3, 0.4) is 0 Å². The summed E-state index contributed by atoms with van der Waals surface area (Å²) in [7, 11) is 0. The number of phenolic OH excluding ortho intramolecular Hbond substituents is 1. The van der Waals surface area contributed by atoms with Crippen molar-refractivity contribution < 1.29 is 19.1 Å². The summed E-state index contributed by atoms with van der Waals surface area (Å²) in [5.41, 5.74) is 8.09. The van der Waals surface area contributed by atoms with E-state index in [1.165, 1.54) is 12.1 Å². The van der Waals surface area contributed by atoms with Crippen LogP contribution < -0.4 is 16.4 Å². The monoisotopic (exact) mass is 576 g/mol. The number of hydrogen-bond acceptors (Lipinski definition) is 6. The number of aromatic nitrogens is 1. The Labute approximate surface area is 239 Å². The van der Waals surface area contributed by atoms with Crippen molar-refractivity contribution in [3.63, 3.8) is 0 Å². The first-order valence-electron chi connectivity index (χ1n) is 12.8. The second-order valence-electron chi connectivity index (χ2n) is 11.1. The van der Waals surface area contributed by atoms with Gasteiger partial charge in [-0.15, -0.1) is 12.4 Å². The zero-order valence-electron chi connectivity index (χ0n) is 22.5. The molecule has 0 aliphatic heterocycles. The molecule has 7 nitrogen and oxygen atoms in total. The second-order valence-corrected chi connectivity index (χ2v) is 11.5. The van der Waals surface area contributed by atoms with Crippen molar-refractivity contribution in [3.05, 3.63) is 52.9 Å². The summed E-state index contributed by atoms with van der Waals surface area (Å²) < 4.78 is 14.2. The minimum absolute atomic E-state index is 0. The van der Waals surface area contributed by atoms with Gasteiger partial charge in [0.2, 0.25) is 5.91 Å². The topological polar surface area (TPSA) is 117 Å². The lowest BCUT2D eigenvalue weighted by molar-refractivity contribution is -0.122. The number of nitrogens with two attached hydrogens (primary N) is 1. The van der Waals surface area contributed by atoms with E-state index in [2.05, 4.69) is 15.6 Å². The Bertz CT molecular complexity index is 1360. The lowest BCUT2D eigenvalue weighted by atomic mass is 9.85. The van der Waals surface area contributed by atoms with Gasteiger partial charge in [0, 0.05) is 29.1 Å². The van der Waals surface area contributed by atoms with Gasteiger partial charge in [0.25, 0.3) is 0 Å². The van der Waals surface area contributed by atoms with Crippen molar-refractivity contribution in [2.24, 2.45) is 11.1 Å². The quantitative estimate of drug-likeness (QED) is 0.258. The highest BCUT2D eigenvalue weighted by Crippen LogP contribution is 2.37. The first-order valence-corrected chi connectivity index (χ1v) is 13.2. The number of anilines is 1. The summed E-state index contributed by atoms with van der Waals surface area (Å²) in [5, 5.41) is 17.0.